The molecule has 84 valence electrons. The zero-order valence-electron chi connectivity index (χ0n) is 8.88. The molecular weight excluding hydrogens is 240 g/mol. The van der Waals surface area contributed by atoms with Crippen molar-refractivity contribution >= 4 is 38.4 Å². The van der Waals surface area contributed by atoms with E-state index in [1.807, 2.05) is 0 Å². The third-order valence-electron chi connectivity index (χ3n) is 2.72. The summed E-state index contributed by atoms with van der Waals surface area (Å²) < 4.78 is 1.23. The zero-order valence-corrected chi connectivity index (χ0v) is 10.5. The van der Waals surface area contributed by atoms with E-state index in [0.717, 1.165) is 23.7 Å². The van der Waals surface area contributed by atoms with Crippen LogP contribution in [-0.4, -0.2) is 35.5 Å². The molecule has 0 saturated carbocycles. The first kappa shape index (κ1) is 10.4. The van der Waals surface area contributed by atoms with Gasteiger partial charge in [0.25, 0.3) is 0 Å². The van der Waals surface area contributed by atoms with Crippen molar-refractivity contribution in [2.24, 2.45) is 0 Å². The maximum absolute atomic E-state index is 9.27. The number of hydrogen-bond donors (Lipinski definition) is 1. The summed E-state index contributed by atoms with van der Waals surface area (Å²) in [5.41, 5.74) is 1.05. The van der Waals surface area contributed by atoms with Gasteiger partial charge in [0, 0.05) is 18.0 Å². The maximum Gasteiger partial charge on any atom is 0.186 e. The van der Waals surface area contributed by atoms with E-state index >= 15 is 0 Å². The van der Waals surface area contributed by atoms with Gasteiger partial charge in [0.1, 0.15) is 0 Å². The summed E-state index contributed by atoms with van der Waals surface area (Å²) >= 11 is 3.45. The highest BCUT2D eigenvalue weighted by atomic mass is 32.2. The quantitative estimate of drug-likeness (QED) is 0.831. The van der Waals surface area contributed by atoms with Gasteiger partial charge in [-0.15, -0.1) is 11.8 Å². The number of β-amino-alcohol motifs (C(OH)–C–C–N with tert-alkyl or cyclic N) is 1. The van der Waals surface area contributed by atoms with Gasteiger partial charge in [-0.1, -0.05) is 11.3 Å². The minimum atomic E-state index is -0.172. The second kappa shape index (κ2) is 3.91. The highest BCUT2D eigenvalue weighted by Crippen LogP contribution is 2.33. The molecule has 5 heteroatoms. The molecule has 0 radical (unpaired) electrons. The van der Waals surface area contributed by atoms with Crippen LogP contribution in [0.1, 0.15) is 0 Å². The van der Waals surface area contributed by atoms with Crippen molar-refractivity contribution in [3.05, 3.63) is 18.2 Å². The molecule has 1 aliphatic rings. The highest BCUT2D eigenvalue weighted by molar-refractivity contribution is 7.98. The van der Waals surface area contributed by atoms with Gasteiger partial charge in [-0.3, -0.25) is 0 Å². The predicted molar refractivity (Wildman–Crippen MR) is 69.6 cm³/mol. The van der Waals surface area contributed by atoms with Crippen LogP contribution in [-0.2, 0) is 0 Å². The number of thioether (sulfide) groups is 1. The standard InChI is InChI=1S/C11H12N2OS2/c1-15-8-2-3-9-10(4-8)16-11(12-9)13-5-7(14)6-13/h2-4,7,14H,5-6H2,1H3. The van der Waals surface area contributed by atoms with Gasteiger partial charge < -0.3 is 10.0 Å². The lowest BCUT2D eigenvalue weighted by molar-refractivity contribution is 0.142. The van der Waals surface area contributed by atoms with Crippen molar-refractivity contribution in [3.8, 4) is 0 Å². The number of aliphatic hydroxyl groups is 1. The Morgan fingerprint density at radius 1 is 1.50 bits per heavy atom. The van der Waals surface area contributed by atoms with Crippen LogP contribution in [0.25, 0.3) is 10.2 Å². The molecular formula is C11H12N2OS2. The number of hydrogen-bond acceptors (Lipinski definition) is 5. The lowest BCUT2D eigenvalue weighted by Gasteiger charge is -2.35. The highest BCUT2D eigenvalue weighted by Gasteiger charge is 2.26. The largest absolute Gasteiger partial charge is 0.389 e. The smallest absolute Gasteiger partial charge is 0.186 e. The Morgan fingerprint density at radius 3 is 3.00 bits per heavy atom. The van der Waals surface area contributed by atoms with Crippen LogP contribution in [0.3, 0.4) is 0 Å². The fourth-order valence-electron chi connectivity index (χ4n) is 1.77. The molecule has 0 amide bonds. The van der Waals surface area contributed by atoms with Crippen molar-refractivity contribution in [2.75, 3.05) is 24.2 Å². The number of aliphatic hydroxyl groups excluding tert-OH is 1. The number of thiazole rings is 1. The lowest BCUT2D eigenvalue weighted by atomic mass is 10.2. The van der Waals surface area contributed by atoms with Crippen LogP contribution in [0.15, 0.2) is 23.1 Å². The Hall–Kier alpha value is -0.780. The third-order valence-corrected chi connectivity index (χ3v) is 4.52. The summed E-state index contributed by atoms with van der Waals surface area (Å²) in [6.07, 6.45) is 1.91. The molecule has 1 aliphatic heterocycles. The summed E-state index contributed by atoms with van der Waals surface area (Å²) in [4.78, 5) is 7.96. The van der Waals surface area contributed by atoms with Gasteiger partial charge in [0.15, 0.2) is 5.13 Å². The molecule has 0 bridgehead atoms. The molecule has 16 heavy (non-hydrogen) atoms. The summed E-state index contributed by atoms with van der Waals surface area (Å²) in [5.74, 6) is 0. The van der Waals surface area contributed by atoms with Crippen molar-refractivity contribution in [2.45, 2.75) is 11.0 Å². The fraction of sp³-hybridized carbons (Fsp3) is 0.364. The molecule has 1 saturated heterocycles. The van der Waals surface area contributed by atoms with Crippen molar-refractivity contribution in [1.29, 1.82) is 0 Å². The maximum atomic E-state index is 9.27. The van der Waals surface area contributed by atoms with Gasteiger partial charge in [-0.25, -0.2) is 4.98 Å². The lowest BCUT2D eigenvalue weighted by Crippen LogP contribution is -2.50. The van der Waals surface area contributed by atoms with Gasteiger partial charge in [0.2, 0.25) is 0 Å². The Bertz CT molecular complexity index is 520. The minimum absolute atomic E-state index is 0.172. The molecule has 1 aromatic heterocycles. The van der Waals surface area contributed by atoms with Crippen molar-refractivity contribution in [1.82, 2.24) is 4.98 Å². The van der Waals surface area contributed by atoms with Gasteiger partial charge >= 0.3 is 0 Å². The number of nitrogens with zero attached hydrogens (tertiary/aromatic N) is 2. The average Bonchev–Trinajstić information content (AvgIpc) is 2.66. The molecule has 3 nitrogen and oxygen atoms in total. The second-order valence-corrected chi connectivity index (χ2v) is 5.78. The first-order valence-corrected chi connectivity index (χ1v) is 7.18. The molecule has 2 heterocycles. The van der Waals surface area contributed by atoms with E-state index in [4.69, 9.17) is 0 Å². The predicted octanol–water partition coefficient (Wildman–Crippen LogP) is 2.20. The Balaban J connectivity index is 1.96. The van der Waals surface area contributed by atoms with Crippen LogP contribution < -0.4 is 4.90 Å². The van der Waals surface area contributed by atoms with Crippen LogP contribution >= 0.6 is 23.1 Å². The van der Waals surface area contributed by atoms with Crippen LogP contribution in [0.5, 0.6) is 0 Å². The monoisotopic (exact) mass is 252 g/mol. The fourth-order valence-corrected chi connectivity index (χ4v) is 3.30. The van der Waals surface area contributed by atoms with Gasteiger partial charge in [-0.2, -0.15) is 0 Å². The molecule has 1 aromatic carbocycles. The van der Waals surface area contributed by atoms with E-state index in [1.165, 1.54) is 9.60 Å². The van der Waals surface area contributed by atoms with Gasteiger partial charge in [-0.05, 0) is 24.5 Å². The number of rotatable bonds is 2. The minimum Gasteiger partial charge on any atom is -0.389 e. The summed E-state index contributed by atoms with van der Waals surface area (Å²) in [6, 6.07) is 6.34. The number of anilines is 1. The average molecular weight is 252 g/mol. The van der Waals surface area contributed by atoms with Crippen molar-refractivity contribution < 1.29 is 5.11 Å². The number of aromatic nitrogens is 1. The summed E-state index contributed by atoms with van der Waals surface area (Å²) in [5, 5.41) is 10.3. The van der Waals surface area contributed by atoms with E-state index in [1.54, 1.807) is 23.1 Å². The Kier molecular flexibility index (Phi) is 2.53. The summed E-state index contributed by atoms with van der Waals surface area (Å²) in [7, 11) is 0. The molecule has 3 rings (SSSR count). The van der Waals surface area contributed by atoms with E-state index < -0.39 is 0 Å². The molecule has 0 atom stereocenters. The van der Waals surface area contributed by atoms with E-state index in [9.17, 15) is 5.11 Å². The van der Waals surface area contributed by atoms with Crippen molar-refractivity contribution in [3.63, 3.8) is 0 Å². The van der Waals surface area contributed by atoms with Crippen LogP contribution in [0, 0.1) is 0 Å². The Labute approximate surface area is 102 Å². The van der Waals surface area contributed by atoms with Crippen LogP contribution in [0.2, 0.25) is 0 Å². The summed E-state index contributed by atoms with van der Waals surface area (Å²) in [6.45, 7) is 1.43. The first-order valence-electron chi connectivity index (χ1n) is 5.14. The zero-order chi connectivity index (χ0) is 11.1. The van der Waals surface area contributed by atoms with E-state index in [0.29, 0.717) is 0 Å². The number of fused-ring (bicyclic) bond motifs is 1. The molecule has 1 fully saturated rings. The normalized spacial score (nSPS) is 16.8. The second-order valence-electron chi connectivity index (χ2n) is 3.89. The molecule has 2 aromatic rings. The molecule has 0 aliphatic carbocycles. The van der Waals surface area contributed by atoms with E-state index in [-0.39, 0.29) is 6.10 Å². The SMILES string of the molecule is CSc1ccc2nc(N3CC(O)C3)sc2c1. The third kappa shape index (κ3) is 1.69. The topological polar surface area (TPSA) is 36.4 Å². The van der Waals surface area contributed by atoms with Crippen LogP contribution in [0.4, 0.5) is 5.13 Å². The Morgan fingerprint density at radius 2 is 2.31 bits per heavy atom. The first-order chi connectivity index (χ1) is 7.76. The molecule has 1 N–H and O–H groups in total. The molecule has 0 unspecified atom stereocenters. The molecule has 0 spiro atoms. The van der Waals surface area contributed by atoms with Gasteiger partial charge in [0.05, 0.1) is 16.3 Å². The van der Waals surface area contributed by atoms with E-state index in [2.05, 4.69) is 34.3 Å². The number of benzene rings is 1.